The number of ketones is 1. The first-order chi connectivity index (χ1) is 15.9. The molecule has 2 unspecified atom stereocenters. The van der Waals surface area contributed by atoms with Crippen molar-refractivity contribution in [1.82, 2.24) is 10.2 Å². The maximum atomic E-state index is 13.6. The predicted octanol–water partition coefficient (Wildman–Crippen LogP) is 2.14. The molecular weight excluding hydrogens is 422 g/mol. The number of likely N-dealkylation sites (tertiary alicyclic amines) is 1. The Kier molecular flexibility index (Phi) is 5.95. The van der Waals surface area contributed by atoms with Crippen LogP contribution in [0.3, 0.4) is 0 Å². The van der Waals surface area contributed by atoms with Gasteiger partial charge in [0.1, 0.15) is 18.7 Å². The standard InChI is InChI=1S/C25H31N3O5/c1-14-12-28(21-19(29)13-33-22(14)21)25(32)20(15-4-2-3-5-15)27-24(31)17-8-10-18(11-9-17)26-23(30)16-6-7-16/h8-11,14-16,20-22H,2-7,12-13H2,1H3,(H,26,30)(H,27,31)/t14?,20?,21-,22-/m1/s1. The smallest absolute Gasteiger partial charge is 0.251 e. The van der Waals surface area contributed by atoms with E-state index in [0.29, 0.717) is 17.8 Å². The van der Waals surface area contributed by atoms with Crippen LogP contribution in [0.2, 0.25) is 0 Å². The highest BCUT2D eigenvalue weighted by molar-refractivity contribution is 6.00. The summed E-state index contributed by atoms with van der Waals surface area (Å²) in [5.74, 6) is -0.286. The van der Waals surface area contributed by atoms with Crippen molar-refractivity contribution in [1.29, 1.82) is 0 Å². The second-order valence-electron chi connectivity index (χ2n) is 9.99. The number of carbonyl (C=O) groups is 4. The molecule has 8 heteroatoms. The lowest BCUT2D eigenvalue weighted by atomic mass is 9.95. The molecule has 4 atom stereocenters. The summed E-state index contributed by atoms with van der Waals surface area (Å²) in [6.45, 7) is 2.51. The van der Waals surface area contributed by atoms with Gasteiger partial charge in [-0.1, -0.05) is 19.8 Å². The molecule has 2 saturated carbocycles. The molecule has 3 amide bonds. The molecule has 0 aromatic heterocycles. The van der Waals surface area contributed by atoms with Gasteiger partial charge in [-0.15, -0.1) is 0 Å². The largest absolute Gasteiger partial charge is 0.367 e. The molecule has 2 heterocycles. The maximum Gasteiger partial charge on any atom is 0.251 e. The van der Waals surface area contributed by atoms with E-state index in [1.807, 2.05) is 6.92 Å². The number of anilines is 1. The van der Waals surface area contributed by atoms with Crippen LogP contribution in [0, 0.1) is 17.8 Å². The number of rotatable bonds is 6. The Labute approximate surface area is 193 Å². The van der Waals surface area contributed by atoms with E-state index >= 15 is 0 Å². The number of hydrogen-bond donors (Lipinski definition) is 2. The summed E-state index contributed by atoms with van der Waals surface area (Å²) in [4.78, 5) is 52.7. The molecule has 1 aromatic rings. The van der Waals surface area contributed by atoms with E-state index in [1.54, 1.807) is 29.2 Å². The number of carbonyl (C=O) groups excluding carboxylic acids is 4. The topological polar surface area (TPSA) is 105 Å². The Morgan fingerprint density at radius 3 is 2.42 bits per heavy atom. The SMILES string of the molecule is CC1CN(C(=O)C(NC(=O)c2ccc(NC(=O)C3CC3)cc2)C2CCCC2)[C@@H]2C(=O)CO[C@H]12. The third-order valence-corrected chi connectivity index (χ3v) is 7.51. The highest BCUT2D eigenvalue weighted by atomic mass is 16.5. The van der Waals surface area contributed by atoms with Gasteiger partial charge in [0.25, 0.3) is 5.91 Å². The zero-order valence-corrected chi connectivity index (χ0v) is 18.9. The summed E-state index contributed by atoms with van der Waals surface area (Å²) < 4.78 is 5.63. The minimum Gasteiger partial charge on any atom is -0.367 e. The van der Waals surface area contributed by atoms with Crippen molar-refractivity contribution in [2.24, 2.45) is 17.8 Å². The molecule has 0 radical (unpaired) electrons. The fourth-order valence-corrected chi connectivity index (χ4v) is 5.49. The molecule has 4 fully saturated rings. The van der Waals surface area contributed by atoms with E-state index in [9.17, 15) is 19.2 Å². The van der Waals surface area contributed by atoms with Gasteiger partial charge in [0.15, 0.2) is 5.78 Å². The van der Waals surface area contributed by atoms with Crippen LogP contribution in [0.5, 0.6) is 0 Å². The van der Waals surface area contributed by atoms with Crippen LogP contribution in [0.15, 0.2) is 24.3 Å². The van der Waals surface area contributed by atoms with Crippen molar-refractivity contribution in [2.45, 2.75) is 63.6 Å². The van der Waals surface area contributed by atoms with Gasteiger partial charge in [-0.3, -0.25) is 19.2 Å². The summed E-state index contributed by atoms with van der Waals surface area (Å²) in [6.07, 6.45) is 5.43. The number of amides is 3. The van der Waals surface area contributed by atoms with Gasteiger partial charge >= 0.3 is 0 Å². The molecule has 4 aliphatic rings. The Morgan fingerprint density at radius 1 is 1.06 bits per heavy atom. The molecule has 1 aromatic carbocycles. The van der Waals surface area contributed by atoms with Gasteiger partial charge in [0, 0.05) is 29.6 Å². The zero-order chi connectivity index (χ0) is 23.1. The number of Topliss-reactive ketones (excluding diaryl/α,β-unsaturated/α-hetero) is 1. The number of benzene rings is 1. The molecule has 8 nitrogen and oxygen atoms in total. The van der Waals surface area contributed by atoms with E-state index in [1.165, 1.54) is 0 Å². The fourth-order valence-electron chi connectivity index (χ4n) is 5.49. The molecule has 2 N–H and O–H groups in total. The van der Waals surface area contributed by atoms with E-state index in [4.69, 9.17) is 4.74 Å². The minimum atomic E-state index is -0.659. The normalized spacial score (nSPS) is 28.0. The summed E-state index contributed by atoms with van der Waals surface area (Å²) in [7, 11) is 0. The molecule has 2 aliphatic heterocycles. The van der Waals surface area contributed by atoms with E-state index in [-0.39, 0.29) is 54.0 Å². The second kappa shape index (κ2) is 8.89. The van der Waals surface area contributed by atoms with Gasteiger partial charge < -0.3 is 20.3 Å². The summed E-state index contributed by atoms with van der Waals surface area (Å²) in [6, 6.07) is 5.55. The Balaban J connectivity index is 1.29. The van der Waals surface area contributed by atoms with Gasteiger partial charge in [-0.25, -0.2) is 0 Å². The molecule has 176 valence electrons. The quantitative estimate of drug-likeness (QED) is 0.687. The van der Waals surface area contributed by atoms with Crippen molar-refractivity contribution in [3.05, 3.63) is 29.8 Å². The minimum absolute atomic E-state index is 0.0164. The van der Waals surface area contributed by atoms with Crippen molar-refractivity contribution in [2.75, 3.05) is 18.5 Å². The number of fused-ring (bicyclic) bond motifs is 1. The highest BCUT2D eigenvalue weighted by Gasteiger charge is 2.52. The average Bonchev–Trinajstić information content (AvgIpc) is 3.23. The summed E-state index contributed by atoms with van der Waals surface area (Å²) in [5, 5.41) is 5.85. The van der Waals surface area contributed by atoms with Crippen LogP contribution in [0.4, 0.5) is 5.69 Å². The van der Waals surface area contributed by atoms with Gasteiger partial charge in [0.2, 0.25) is 11.8 Å². The monoisotopic (exact) mass is 453 g/mol. The van der Waals surface area contributed by atoms with Crippen LogP contribution in [0.1, 0.15) is 55.8 Å². The average molecular weight is 454 g/mol. The third-order valence-electron chi connectivity index (χ3n) is 7.51. The number of ether oxygens (including phenoxy) is 1. The summed E-state index contributed by atoms with van der Waals surface area (Å²) >= 11 is 0. The lowest BCUT2D eigenvalue weighted by molar-refractivity contribution is -0.139. The maximum absolute atomic E-state index is 13.6. The molecule has 2 saturated heterocycles. The lowest BCUT2D eigenvalue weighted by Crippen LogP contribution is -2.54. The molecule has 2 aliphatic carbocycles. The molecule has 33 heavy (non-hydrogen) atoms. The van der Waals surface area contributed by atoms with E-state index < -0.39 is 12.1 Å². The van der Waals surface area contributed by atoms with Crippen LogP contribution in [-0.4, -0.2) is 59.7 Å². The van der Waals surface area contributed by atoms with Gasteiger partial charge in [-0.2, -0.15) is 0 Å². The van der Waals surface area contributed by atoms with Crippen molar-refractivity contribution < 1.29 is 23.9 Å². The van der Waals surface area contributed by atoms with Crippen molar-refractivity contribution >= 4 is 29.2 Å². The van der Waals surface area contributed by atoms with Gasteiger partial charge in [-0.05, 0) is 55.9 Å². The number of nitrogens with zero attached hydrogens (tertiary/aromatic N) is 1. The first-order valence-corrected chi connectivity index (χ1v) is 12.1. The van der Waals surface area contributed by atoms with E-state index in [0.717, 1.165) is 38.5 Å². The van der Waals surface area contributed by atoms with Crippen LogP contribution >= 0.6 is 0 Å². The van der Waals surface area contributed by atoms with Crippen molar-refractivity contribution in [3.63, 3.8) is 0 Å². The molecule has 0 spiro atoms. The lowest BCUT2D eigenvalue weighted by Gasteiger charge is -2.30. The Morgan fingerprint density at radius 2 is 1.76 bits per heavy atom. The fraction of sp³-hybridized carbons (Fsp3) is 0.600. The Hall–Kier alpha value is -2.74. The molecule has 0 bridgehead atoms. The molecular formula is C25H31N3O5. The summed E-state index contributed by atoms with van der Waals surface area (Å²) in [5.41, 5.74) is 1.09. The van der Waals surface area contributed by atoms with Crippen LogP contribution in [-0.2, 0) is 19.1 Å². The van der Waals surface area contributed by atoms with Gasteiger partial charge in [0.05, 0.1) is 6.10 Å². The first kappa shape index (κ1) is 22.1. The van der Waals surface area contributed by atoms with Crippen LogP contribution < -0.4 is 10.6 Å². The second-order valence-corrected chi connectivity index (χ2v) is 9.99. The van der Waals surface area contributed by atoms with Crippen LogP contribution in [0.25, 0.3) is 0 Å². The number of nitrogens with one attached hydrogen (secondary N) is 2. The van der Waals surface area contributed by atoms with E-state index in [2.05, 4.69) is 10.6 Å². The number of hydrogen-bond acceptors (Lipinski definition) is 5. The Bertz CT molecular complexity index is 951. The zero-order valence-electron chi connectivity index (χ0n) is 18.9. The predicted molar refractivity (Wildman–Crippen MR) is 120 cm³/mol. The third kappa shape index (κ3) is 4.40. The first-order valence-electron chi connectivity index (χ1n) is 12.1. The highest BCUT2D eigenvalue weighted by Crippen LogP contribution is 2.35. The molecule has 5 rings (SSSR count). The van der Waals surface area contributed by atoms with Crippen molar-refractivity contribution in [3.8, 4) is 0 Å².